The predicted octanol–water partition coefficient (Wildman–Crippen LogP) is 2.09. The maximum absolute atomic E-state index is 13.1. The van der Waals surface area contributed by atoms with E-state index in [2.05, 4.69) is 20.2 Å². The van der Waals surface area contributed by atoms with Crippen molar-refractivity contribution in [3.05, 3.63) is 40.5 Å². The van der Waals surface area contributed by atoms with Gasteiger partial charge in [0.05, 0.1) is 28.9 Å². The van der Waals surface area contributed by atoms with Crippen molar-refractivity contribution in [2.24, 2.45) is 0 Å². The molecule has 0 aromatic carbocycles. The van der Waals surface area contributed by atoms with Crippen LogP contribution in [0.25, 0.3) is 11.1 Å². The molecule has 1 amide bonds. The number of aryl methyl sites for hydroxylation is 3. The first-order chi connectivity index (χ1) is 12.5. The molecule has 0 spiro atoms. The monoisotopic (exact) mass is 355 g/mol. The lowest BCUT2D eigenvalue weighted by molar-refractivity contribution is 0.0619. The lowest BCUT2D eigenvalue weighted by Gasteiger charge is -2.34. The topological polar surface area (TPSA) is 88.5 Å². The molecule has 3 aromatic rings. The number of rotatable bonds is 3. The fourth-order valence-corrected chi connectivity index (χ4v) is 3.38. The first-order valence-corrected chi connectivity index (χ1v) is 8.68. The summed E-state index contributed by atoms with van der Waals surface area (Å²) >= 11 is 0. The van der Waals surface area contributed by atoms with Gasteiger partial charge in [-0.05, 0) is 26.8 Å². The fraction of sp³-hybridized carbons (Fsp3) is 0.444. The zero-order chi connectivity index (χ0) is 18.3. The molecule has 0 unspecified atom stereocenters. The van der Waals surface area contributed by atoms with Gasteiger partial charge in [-0.25, -0.2) is 4.98 Å². The summed E-state index contributed by atoms with van der Waals surface area (Å²) in [6.45, 7) is 9.23. The highest BCUT2D eigenvalue weighted by molar-refractivity contribution is 6.06. The zero-order valence-electron chi connectivity index (χ0n) is 15.2. The lowest BCUT2D eigenvalue weighted by Crippen LogP contribution is -2.48. The smallest absolute Gasteiger partial charge is 0.258 e. The summed E-state index contributed by atoms with van der Waals surface area (Å²) in [5.41, 5.74) is 3.36. The first kappa shape index (κ1) is 16.7. The number of carbonyl (C=O) groups excluding carboxylic acids is 1. The van der Waals surface area contributed by atoms with E-state index in [1.165, 1.54) is 0 Å². The molecule has 0 bridgehead atoms. The van der Waals surface area contributed by atoms with Crippen LogP contribution in [0, 0.1) is 20.8 Å². The third-order valence-electron chi connectivity index (χ3n) is 4.69. The van der Waals surface area contributed by atoms with Gasteiger partial charge >= 0.3 is 0 Å². The van der Waals surface area contributed by atoms with Gasteiger partial charge in [-0.2, -0.15) is 0 Å². The molecule has 1 aliphatic heterocycles. The van der Waals surface area contributed by atoms with Crippen LogP contribution < -0.4 is 0 Å². The van der Waals surface area contributed by atoms with Crippen molar-refractivity contribution in [3.8, 4) is 0 Å². The van der Waals surface area contributed by atoms with Crippen LogP contribution in [-0.2, 0) is 6.54 Å². The van der Waals surface area contributed by atoms with Gasteiger partial charge in [-0.15, -0.1) is 0 Å². The second-order valence-corrected chi connectivity index (χ2v) is 6.76. The molecule has 3 aromatic heterocycles. The molecule has 4 heterocycles. The molecular weight excluding hydrogens is 334 g/mol. The predicted molar refractivity (Wildman–Crippen MR) is 93.7 cm³/mol. The summed E-state index contributed by atoms with van der Waals surface area (Å²) in [5, 5.41) is 8.58. The van der Waals surface area contributed by atoms with Gasteiger partial charge in [-0.1, -0.05) is 10.3 Å². The van der Waals surface area contributed by atoms with Crippen molar-refractivity contribution >= 4 is 17.0 Å². The standard InChI is InChI=1S/C18H21N5O3/c1-11-9-15(16-13(3)21-26-17(16)19-11)18(24)23-6-4-22(5-7-23)10-14-8-12(2)20-25-14/h8-9H,4-7,10H2,1-3H3. The van der Waals surface area contributed by atoms with Crippen LogP contribution in [0.4, 0.5) is 0 Å². The summed E-state index contributed by atoms with van der Waals surface area (Å²) in [6.07, 6.45) is 0. The molecule has 0 N–H and O–H groups in total. The van der Waals surface area contributed by atoms with E-state index in [9.17, 15) is 4.79 Å². The average molecular weight is 355 g/mol. The Morgan fingerprint density at radius 3 is 2.50 bits per heavy atom. The van der Waals surface area contributed by atoms with Crippen molar-refractivity contribution in [1.82, 2.24) is 25.1 Å². The number of amides is 1. The molecule has 0 saturated carbocycles. The number of hydrogen-bond donors (Lipinski definition) is 0. The summed E-state index contributed by atoms with van der Waals surface area (Å²) in [6, 6.07) is 3.77. The zero-order valence-corrected chi connectivity index (χ0v) is 15.2. The van der Waals surface area contributed by atoms with Crippen LogP contribution in [0.3, 0.4) is 0 Å². The molecule has 1 saturated heterocycles. The molecule has 1 aliphatic rings. The van der Waals surface area contributed by atoms with Crippen molar-refractivity contribution in [3.63, 3.8) is 0 Å². The van der Waals surface area contributed by atoms with Crippen LogP contribution in [0.2, 0.25) is 0 Å². The van der Waals surface area contributed by atoms with Gasteiger partial charge in [0, 0.05) is 37.9 Å². The van der Waals surface area contributed by atoms with Gasteiger partial charge in [0.15, 0.2) is 5.76 Å². The minimum absolute atomic E-state index is 0.00181. The maximum Gasteiger partial charge on any atom is 0.258 e. The van der Waals surface area contributed by atoms with Crippen LogP contribution >= 0.6 is 0 Å². The summed E-state index contributed by atoms with van der Waals surface area (Å²) < 4.78 is 10.5. The van der Waals surface area contributed by atoms with Gasteiger partial charge in [0.25, 0.3) is 11.6 Å². The van der Waals surface area contributed by atoms with E-state index in [1.54, 1.807) is 0 Å². The van der Waals surface area contributed by atoms with E-state index in [-0.39, 0.29) is 5.91 Å². The van der Waals surface area contributed by atoms with Crippen molar-refractivity contribution in [2.75, 3.05) is 26.2 Å². The Balaban J connectivity index is 1.48. The molecular formula is C18H21N5O3. The largest absolute Gasteiger partial charge is 0.360 e. The van der Waals surface area contributed by atoms with E-state index in [0.717, 1.165) is 30.2 Å². The van der Waals surface area contributed by atoms with Gasteiger partial charge in [0.2, 0.25) is 0 Å². The number of pyridine rings is 1. The van der Waals surface area contributed by atoms with Crippen molar-refractivity contribution < 1.29 is 13.8 Å². The minimum Gasteiger partial charge on any atom is -0.360 e. The third-order valence-corrected chi connectivity index (χ3v) is 4.69. The average Bonchev–Trinajstić information content (AvgIpc) is 3.20. The van der Waals surface area contributed by atoms with Crippen LogP contribution in [0.5, 0.6) is 0 Å². The molecule has 26 heavy (non-hydrogen) atoms. The van der Waals surface area contributed by atoms with Crippen LogP contribution in [-0.4, -0.2) is 57.2 Å². The van der Waals surface area contributed by atoms with Gasteiger partial charge < -0.3 is 13.9 Å². The Labute approximate surface area is 150 Å². The third kappa shape index (κ3) is 3.08. The SMILES string of the molecule is Cc1cc(CN2CCN(C(=O)c3cc(C)nc4onc(C)c34)CC2)on1. The normalized spacial score (nSPS) is 15.7. The van der Waals surface area contributed by atoms with E-state index in [4.69, 9.17) is 9.05 Å². The second-order valence-electron chi connectivity index (χ2n) is 6.76. The van der Waals surface area contributed by atoms with E-state index in [0.29, 0.717) is 42.0 Å². The molecule has 4 rings (SSSR count). The Kier molecular flexibility index (Phi) is 4.20. The van der Waals surface area contributed by atoms with Crippen molar-refractivity contribution in [2.45, 2.75) is 27.3 Å². The fourth-order valence-electron chi connectivity index (χ4n) is 3.38. The molecule has 1 fully saturated rings. The Morgan fingerprint density at radius 1 is 1.04 bits per heavy atom. The molecule has 0 radical (unpaired) electrons. The summed E-state index contributed by atoms with van der Waals surface area (Å²) in [7, 11) is 0. The number of nitrogens with zero attached hydrogens (tertiary/aromatic N) is 5. The number of hydrogen-bond acceptors (Lipinski definition) is 7. The number of piperazine rings is 1. The van der Waals surface area contributed by atoms with E-state index >= 15 is 0 Å². The number of carbonyl (C=O) groups is 1. The van der Waals surface area contributed by atoms with Gasteiger partial charge in [-0.3, -0.25) is 9.69 Å². The highest BCUT2D eigenvalue weighted by atomic mass is 16.5. The summed E-state index contributed by atoms with van der Waals surface area (Å²) in [4.78, 5) is 21.5. The first-order valence-electron chi connectivity index (χ1n) is 8.68. The molecule has 136 valence electrons. The Bertz CT molecular complexity index is 953. The van der Waals surface area contributed by atoms with Crippen LogP contribution in [0.1, 0.15) is 33.2 Å². The summed E-state index contributed by atoms with van der Waals surface area (Å²) in [5.74, 6) is 0.857. The minimum atomic E-state index is 0.00181. The number of aromatic nitrogens is 3. The van der Waals surface area contributed by atoms with Crippen molar-refractivity contribution in [1.29, 1.82) is 0 Å². The van der Waals surface area contributed by atoms with E-state index in [1.807, 2.05) is 37.8 Å². The number of fused-ring (bicyclic) bond motifs is 1. The lowest BCUT2D eigenvalue weighted by atomic mass is 10.1. The second kappa shape index (κ2) is 6.53. The highest BCUT2D eigenvalue weighted by Gasteiger charge is 2.26. The Morgan fingerprint density at radius 2 is 1.81 bits per heavy atom. The Hall–Kier alpha value is -2.74. The highest BCUT2D eigenvalue weighted by Crippen LogP contribution is 2.24. The molecule has 0 aliphatic carbocycles. The molecule has 8 nitrogen and oxygen atoms in total. The quantitative estimate of drug-likeness (QED) is 0.711. The maximum atomic E-state index is 13.1. The molecule has 0 atom stereocenters. The molecule has 8 heteroatoms. The van der Waals surface area contributed by atoms with Crippen LogP contribution in [0.15, 0.2) is 21.2 Å². The van der Waals surface area contributed by atoms with Gasteiger partial charge in [0.1, 0.15) is 0 Å². The van der Waals surface area contributed by atoms with E-state index < -0.39 is 0 Å².